The van der Waals surface area contributed by atoms with Gasteiger partial charge in [0, 0.05) is 13.7 Å². The Bertz CT molecular complexity index is 307. The van der Waals surface area contributed by atoms with E-state index in [1.807, 2.05) is 0 Å². The molecule has 2 atom stereocenters. The lowest BCUT2D eigenvalue weighted by atomic mass is 10.2. The number of aliphatic carboxylic acids is 1. The number of hydrogen-bond donors (Lipinski definition) is 3. The number of carbonyl (C=O) groups is 3. The van der Waals surface area contributed by atoms with Crippen molar-refractivity contribution in [2.45, 2.75) is 25.5 Å². The molecule has 2 unspecified atom stereocenters. The summed E-state index contributed by atoms with van der Waals surface area (Å²) < 4.78 is 9.30. The number of urea groups is 1. The van der Waals surface area contributed by atoms with Gasteiger partial charge in [-0.15, -0.1) is 0 Å². The second-order valence-electron chi connectivity index (χ2n) is 3.55. The molecule has 0 aliphatic carbocycles. The zero-order valence-electron chi connectivity index (χ0n) is 10.6. The molecule has 8 nitrogen and oxygen atoms in total. The lowest BCUT2D eigenvalue weighted by Gasteiger charge is -2.16. The number of carboxylic acid groups (broad SMARTS) is 1. The highest BCUT2D eigenvalue weighted by Crippen LogP contribution is 1.95. The second kappa shape index (κ2) is 8.29. The summed E-state index contributed by atoms with van der Waals surface area (Å²) in [6, 6.07) is -1.38. The monoisotopic (exact) mass is 262 g/mol. The Kier molecular flexibility index (Phi) is 7.45. The van der Waals surface area contributed by atoms with Crippen molar-refractivity contribution in [1.29, 1.82) is 0 Å². The minimum atomic E-state index is -1.02. The predicted octanol–water partition coefficient (Wildman–Crippen LogP) is -0.663. The second-order valence-corrected chi connectivity index (χ2v) is 3.55. The van der Waals surface area contributed by atoms with Crippen LogP contribution in [-0.4, -0.2) is 56.0 Å². The van der Waals surface area contributed by atoms with Crippen LogP contribution in [-0.2, 0) is 19.1 Å². The topological polar surface area (TPSA) is 114 Å². The maximum absolute atomic E-state index is 11.3. The standard InChI is InChI=1S/C10H18N2O6/c1-6(9(15)18-3)12-10(16)11-5-7(17-2)4-8(13)14/h6-7H,4-5H2,1-3H3,(H,13,14)(H2,11,12,16). The van der Waals surface area contributed by atoms with E-state index in [4.69, 9.17) is 9.84 Å². The van der Waals surface area contributed by atoms with Gasteiger partial charge in [-0.05, 0) is 6.92 Å². The van der Waals surface area contributed by atoms with Crippen LogP contribution in [0.5, 0.6) is 0 Å². The average Bonchev–Trinajstić information content (AvgIpc) is 2.32. The zero-order chi connectivity index (χ0) is 14.1. The van der Waals surface area contributed by atoms with Crippen molar-refractivity contribution < 1.29 is 29.0 Å². The maximum atomic E-state index is 11.3. The van der Waals surface area contributed by atoms with Crippen LogP contribution in [0.2, 0.25) is 0 Å². The third kappa shape index (κ3) is 6.69. The summed E-state index contributed by atoms with van der Waals surface area (Å²) in [5.74, 6) is -1.59. The van der Waals surface area contributed by atoms with Crippen LogP contribution < -0.4 is 10.6 Å². The van der Waals surface area contributed by atoms with E-state index in [2.05, 4.69) is 15.4 Å². The summed E-state index contributed by atoms with van der Waals surface area (Å²) in [4.78, 5) is 32.8. The molecular weight excluding hydrogens is 244 g/mol. The summed E-state index contributed by atoms with van der Waals surface area (Å²) in [6.07, 6.45) is -0.842. The van der Waals surface area contributed by atoms with Crippen molar-refractivity contribution in [3.05, 3.63) is 0 Å². The van der Waals surface area contributed by atoms with Crippen molar-refractivity contribution >= 4 is 18.0 Å². The first kappa shape index (κ1) is 16.2. The number of nitrogens with one attached hydrogen (secondary N) is 2. The number of hydrogen-bond acceptors (Lipinski definition) is 5. The lowest BCUT2D eigenvalue weighted by molar-refractivity contribution is -0.142. The van der Waals surface area contributed by atoms with Crippen LogP contribution in [0.25, 0.3) is 0 Å². The van der Waals surface area contributed by atoms with Gasteiger partial charge in [-0.3, -0.25) is 4.79 Å². The Morgan fingerprint density at radius 3 is 2.33 bits per heavy atom. The highest BCUT2D eigenvalue weighted by molar-refractivity contribution is 5.83. The SMILES string of the molecule is COC(=O)C(C)NC(=O)NCC(CC(=O)O)OC. The quantitative estimate of drug-likeness (QED) is 0.525. The molecule has 0 aromatic carbocycles. The molecule has 0 aromatic heterocycles. The van der Waals surface area contributed by atoms with Crippen molar-refractivity contribution in [3.63, 3.8) is 0 Å². The van der Waals surface area contributed by atoms with Gasteiger partial charge in [0.1, 0.15) is 6.04 Å². The largest absolute Gasteiger partial charge is 0.481 e. The average molecular weight is 262 g/mol. The molecule has 8 heteroatoms. The summed E-state index contributed by atoms with van der Waals surface area (Å²) in [5.41, 5.74) is 0. The van der Waals surface area contributed by atoms with Gasteiger partial charge in [0.15, 0.2) is 0 Å². The van der Waals surface area contributed by atoms with Crippen molar-refractivity contribution in [2.75, 3.05) is 20.8 Å². The number of carboxylic acids is 1. The van der Waals surface area contributed by atoms with Gasteiger partial charge in [0.05, 0.1) is 19.6 Å². The van der Waals surface area contributed by atoms with Gasteiger partial charge < -0.3 is 25.2 Å². The Morgan fingerprint density at radius 1 is 1.28 bits per heavy atom. The molecule has 18 heavy (non-hydrogen) atoms. The number of rotatable bonds is 7. The van der Waals surface area contributed by atoms with Gasteiger partial charge in [0.2, 0.25) is 0 Å². The number of methoxy groups -OCH3 is 2. The Labute approximate surface area is 105 Å². The first-order chi connectivity index (χ1) is 8.40. The normalized spacial score (nSPS) is 13.3. The first-order valence-electron chi connectivity index (χ1n) is 5.27. The Morgan fingerprint density at radius 2 is 1.89 bits per heavy atom. The van der Waals surface area contributed by atoms with Gasteiger partial charge in [-0.25, -0.2) is 9.59 Å². The minimum absolute atomic E-state index is 0.0303. The molecule has 0 spiro atoms. The van der Waals surface area contributed by atoms with E-state index in [0.717, 1.165) is 0 Å². The smallest absolute Gasteiger partial charge is 0.328 e. The molecule has 0 heterocycles. The molecule has 0 aliphatic rings. The minimum Gasteiger partial charge on any atom is -0.481 e. The van der Waals surface area contributed by atoms with E-state index in [-0.39, 0.29) is 13.0 Å². The molecule has 0 saturated carbocycles. The number of amides is 2. The fourth-order valence-electron chi connectivity index (χ4n) is 1.12. The van der Waals surface area contributed by atoms with Crippen molar-refractivity contribution in [1.82, 2.24) is 10.6 Å². The van der Waals surface area contributed by atoms with Gasteiger partial charge in [-0.1, -0.05) is 0 Å². The van der Waals surface area contributed by atoms with Gasteiger partial charge in [-0.2, -0.15) is 0 Å². The molecule has 0 bridgehead atoms. The van der Waals surface area contributed by atoms with E-state index in [1.165, 1.54) is 21.1 Å². The fourth-order valence-corrected chi connectivity index (χ4v) is 1.12. The van der Waals surface area contributed by atoms with Gasteiger partial charge >= 0.3 is 18.0 Å². The molecule has 0 radical (unpaired) electrons. The van der Waals surface area contributed by atoms with Crippen molar-refractivity contribution in [2.24, 2.45) is 0 Å². The van der Waals surface area contributed by atoms with E-state index >= 15 is 0 Å². The van der Waals surface area contributed by atoms with E-state index in [9.17, 15) is 14.4 Å². The first-order valence-corrected chi connectivity index (χ1v) is 5.27. The van der Waals surface area contributed by atoms with E-state index < -0.39 is 30.1 Å². The third-order valence-corrected chi connectivity index (χ3v) is 2.13. The highest BCUT2D eigenvalue weighted by Gasteiger charge is 2.17. The lowest BCUT2D eigenvalue weighted by Crippen LogP contribution is -2.47. The maximum Gasteiger partial charge on any atom is 0.328 e. The molecule has 0 saturated heterocycles. The van der Waals surface area contributed by atoms with Crippen LogP contribution in [0, 0.1) is 0 Å². The molecule has 3 N–H and O–H groups in total. The van der Waals surface area contributed by atoms with Crippen LogP contribution in [0.1, 0.15) is 13.3 Å². The fraction of sp³-hybridized carbons (Fsp3) is 0.700. The van der Waals surface area contributed by atoms with Crippen LogP contribution in [0.15, 0.2) is 0 Å². The van der Waals surface area contributed by atoms with Gasteiger partial charge in [0.25, 0.3) is 0 Å². The molecular formula is C10H18N2O6. The molecule has 0 fully saturated rings. The summed E-state index contributed by atoms with van der Waals surface area (Å²) >= 11 is 0. The number of ether oxygens (including phenoxy) is 2. The van der Waals surface area contributed by atoms with Crippen molar-refractivity contribution in [3.8, 4) is 0 Å². The molecule has 2 amide bonds. The highest BCUT2D eigenvalue weighted by atomic mass is 16.5. The van der Waals surface area contributed by atoms with E-state index in [0.29, 0.717) is 0 Å². The Hall–Kier alpha value is -1.83. The molecule has 0 aromatic rings. The molecule has 104 valence electrons. The number of esters is 1. The molecule has 0 rings (SSSR count). The Balaban J connectivity index is 4.01. The van der Waals surface area contributed by atoms with E-state index in [1.54, 1.807) is 0 Å². The summed E-state index contributed by atoms with van der Waals surface area (Å²) in [5, 5.41) is 13.3. The molecule has 0 aliphatic heterocycles. The third-order valence-electron chi connectivity index (χ3n) is 2.13. The predicted molar refractivity (Wildman–Crippen MR) is 61.1 cm³/mol. The zero-order valence-corrected chi connectivity index (χ0v) is 10.6. The van der Waals surface area contributed by atoms with Crippen LogP contribution >= 0.6 is 0 Å². The van der Waals surface area contributed by atoms with Crippen LogP contribution in [0.4, 0.5) is 4.79 Å². The number of carbonyl (C=O) groups excluding carboxylic acids is 2. The summed E-state index contributed by atoms with van der Waals surface area (Å²) in [6.45, 7) is 1.50. The van der Waals surface area contributed by atoms with Crippen LogP contribution in [0.3, 0.4) is 0 Å². The summed E-state index contributed by atoms with van der Waals surface area (Å²) in [7, 11) is 2.57.